The number of halogens is 3. The first-order chi connectivity index (χ1) is 18.7. The number of alkyl halides is 3. The van der Waals surface area contributed by atoms with E-state index in [1.165, 1.54) is 48.5 Å². The van der Waals surface area contributed by atoms with Crippen molar-refractivity contribution in [2.75, 3.05) is 9.79 Å². The molecular weight excluding hydrogens is 575 g/mol. The molecule has 3 aromatic carbocycles. The number of carbonyl (C=O) groups excluding carboxylic acids is 2. The maximum absolute atomic E-state index is 13.1. The lowest BCUT2D eigenvalue weighted by molar-refractivity contribution is -0.199. The van der Waals surface area contributed by atoms with Crippen molar-refractivity contribution in [2.24, 2.45) is 0 Å². The van der Waals surface area contributed by atoms with Crippen molar-refractivity contribution < 1.29 is 45.1 Å². The minimum absolute atomic E-state index is 0.0405. The fourth-order valence-corrected chi connectivity index (χ4v) is 6.52. The Kier molecular flexibility index (Phi) is 8.03. The quantitative estimate of drug-likeness (QED) is 0.263. The molecule has 1 aliphatic heterocycles. The third kappa shape index (κ3) is 6.50. The molecule has 1 amide bonds. The Morgan fingerprint density at radius 3 is 2.17 bits per heavy atom. The van der Waals surface area contributed by atoms with E-state index in [1.54, 1.807) is 31.2 Å². The minimum atomic E-state index is -5.43. The molecule has 0 bridgehead atoms. The minimum Gasteiger partial charge on any atom is -0.381 e. The van der Waals surface area contributed by atoms with E-state index in [0.29, 0.717) is 16.8 Å². The number of anilines is 2. The van der Waals surface area contributed by atoms with Gasteiger partial charge in [0.25, 0.3) is 10.0 Å². The van der Waals surface area contributed by atoms with E-state index in [0.717, 1.165) is 5.56 Å². The summed E-state index contributed by atoms with van der Waals surface area (Å²) < 4.78 is 87.1. The van der Waals surface area contributed by atoms with Gasteiger partial charge >= 0.3 is 12.1 Å². The second kappa shape index (κ2) is 11.0. The van der Waals surface area contributed by atoms with Crippen LogP contribution in [-0.2, 0) is 31.0 Å². The van der Waals surface area contributed by atoms with Gasteiger partial charge in [0.2, 0.25) is 5.91 Å². The summed E-state index contributed by atoms with van der Waals surface area (Å²) >= 11 is 0. The molecule has 15 heteroatoms. The molecular formula is C25H24F3N3O7S2. The lowest BCUT2D eigenvalue weighted by atomic mass is 10.1. The average Bonchev–Trinajstić information content (AvgIpc) is 3.17. The van der Waals surface area contributed by atoms with Gasteiger partial charge in [-0.1, -0.05) is 46.4 Å². The molecule has 0 aliphatic carbocycles. The van der Waals surface area contributed by atoms with Gasteiger partial charge in [-0.2, -0.15) is 21.6 Å². The zero-order valence-electron chi connectivity index (χ0n) is 20.8. The standard InChI is InChI=1S/C25H24F3N3O7S2/c1-16-2-12-21(13-3-16)40(36,37)31(38-24(33)25(26,27)28)20-10-8-19(9-11-20)29-15-17-4-6-18(7-5-17)22-14-23(32)30-39(22,34)35/h2-13,22,29,34-35H,14-15H2,1H3,(H,30,32). The maximum atomic E-state index is 13.1. The van der Waals surface area contributed by atoms with Crippen LogP contribution in [0.1, 0.15) is 28.4 Å². The van der Waals surface area contributed by atoms with E-state index >= 15 is 0 Å². The van der Waals surface area contributed by atoms with Crippen molar-refractivity contribution in [3.05, 3.63) is 89.5 Å². The number of hydrogen-bond acceptors (Lipinski definition) is 8. The highest BCUT2D eigenvalue weighted by molar-refractivity contribution is 8.23. The second-order valence-electron chi connectivity index (χ2n) is 8.87. The Bertz CT molecular complexity index is 1500. The van der Waals surface area contributed by atoms with Crippen LogP contribution in [0, 0.1) is 6.92 Å². The molecule has 1 aliphatic rings. The summed E-state index contributed by atoms with van der Waals surface area (Å²) in [6.07, 6.45) is -5.47. The van der Waals surface area contributed by atoms with Crippen molar-refractivity contribution in [3.8, 4) is 0 Å². The summed E-state index contributed by atoms with van der Waals surface area (Å²) in [5.74, 6) is -3.15. The van der Waals surface area contributed by atoms with Crippen LogP contribution in [0.5, 0.6) is 0 Å². The van der Waals surface area contributed by atoms with Crippen LogP contribution in [0.25, 0.3) is 0 Å². The number of aryl methyl sites for hydroxylation is 1. The molecule has 4 N–H and O–H groups in total. The van der Waals surface area contributed by atoms with Gasteiger partial charge in [-0.05, 0) is 54.4 Å². The van der Waals surface area contributed by atoms with Gasteiger partial charge < -0.3 is 10.2 Å². The van der Waals surface area contributed by atoms with Crippen molar-refractivity contribution >= 4 is 44.1 Å². The molecule has 214 valence electrons. The van der Waals surface area contributed by atoms with Gasteiger partial charge in [0.15, 0.2) is 0 Å². The van der Waals surface area contributed by atoms with Gasteiger partial charge in [-0.3, -0.25) is 18.6 Å². The van der Waals surface area contributed by atoms with Crippen LogP contribution in [0.2, 0.25) is 0 Å². The Morgan fingerprint density at radius 2 is 1.65 bits per heavy atom. The second-order valence-corrected chi connectivity index (χ2v) is 12.6. The molecule has 0 aromatic heterocycles. The lowest BCUT2D eigenvalue weighted by Gasteiger charge is -2.32. The monoisotopic (exact) mass is 599 g/mol. The number of sulfonamides is 1. The summed E-state index contributed by atoms with van der Waals surface area (Å²) in [7, 11) is -7.98. The van der Waals surface area contributed by atoms with Gasteiger partial charge in [0.1, 0.15) is 5.25 Å². The van der Waals surface area contributed by atoms with E-state index < -0.39 is 44.1 Å². The van der Waals surface area contributed by atoms with Gasteiger partial charge in [-0.15, -0.1) is 10.8 Å². The largest absolute Gasteiger partial charge is 0.493 e. The SMILES string of the molecule is Cc1ccc(S(=O)(=O)N(OC(=O)C(F)(F)F)c2ccc(NCc3ccc(C4CC(=O)NS4(O)O)cc3)cc2)cc1. The molecule has 4 rings (SSSR count). The normalized spacial score (nSPS) is 17.6. The Balaban J connectivity index is 1.49. The van der Waals surface area contributed by atoms with Crippen LogP contribution in [0.3, 0.4) is 0 Å². The topological polar surface area (TPSA) is 145 Å². The molecule has 40 heavy (non-hydrogen) atoms. The van der Waals surface area contributed by atoms with Crippen LogP contribution in [0.4, 0.5) is 24.5 Å². The van der Waals surface area contributed by atoms with Gasteiger partial charge in [0, 0.05) is 12.2 Å². The van der Waals surface area contributed by atoms with Crippen LogP contribution >= 0.6 is 10.8 Å². The van der Waals surface area contributed by atoms with Crippen molar-refractivity contribution in [3.63, 3.8) is 0 Å². The first-order valence-corrected chi connectivity index (χ1v) is 14.6. The number of rotatable bonds is 8. The molecule has 1 fully saturated rings. The number of nitrogens with zero attached hydrogens (tertiary/aromatic N) is 1. The fourth-order valence-electron chi connectivity index (χ4n) is 3.80. The van der Waals surface area contributed by atoms with Crippen LogP contribution in [0.15, 0.2) is 77.7 Å². The average molecular weight is 600 g/mol. The highest BCUT2D eigenvalue weighted by atomic mass is 32.3. The first kappa shape index (κ1) is 29.2. The predicted octanol–water partition coefficient (Wildman–Crippen LogP) is 5.05. The fraction of sp³-hybridized carbons (Fsp3) is 0.200. The van der Waals surface area contributed by atoms with E-state index in [1.807, 2.05) is 0 Å². The van der Waals surface area contributed by atoms with Crippen molar-refractivity contribution in [2.45, 2.75) is 36.2 Å². The maximum Gasteiger partial charge on any atom is 0.493 e. The molecule has 0 saturated carbocycles. The van der Waals surface area contributed by atoms with Gasteiger partial charge in [-0.25, -0.2) is 4.79 Å². The van der Waals surface area contributed by atoms with E-state index in [9.17, 15) is 40.3 Å². The van der Waals surface area contributed by atoms with Crippen molar-refractivity contribution in [1.29, 1.82) is 0 Å². The zero-order valence-corrected chi connectivity index (χ0v) is 22.4. The summed E-state index contributed by atoms with van der Waals surface area (Å²) in [5, 5.41) is 2.32. The molecule has 10 nitrogen and oxygen atoms in total. The Morgan fingerprint density at radius 1 is 1.05 bits per heavy atom. The Hall–Kier alpha value is -3.79. The number of benzene rings is 3. The Labute approximate surface area is 229 Å². The third-order valence-electron chi connectivity index (χ3n) is 5.89. The highest BCUT2D eigenvalue weighted by Gasteiger charge is 2.45. The summed E-state index contributed by atoms with van der Waals surface area (Å²) in [4.78, 5) is 27.0. The van der Waals surface area contributed by atoms with Gasteiger partial charge in [0.05, 0.1) is 17.0 Å². The number of carbonyl (C=O) groups is 2. The molecule has 0 radical (unpaired) electrons. The van der Waals surface area contributed by atoms with E-state index in [4.69, 9.17) is 0 Å². The van der Waals surface area contributed by atoms with Crippen LogP contribution < -0.4 is 14.5 Å². The number of hydrogen-bond donors (Lipinski definition) is 4. The highest BCUT2D eigenvalue weighted by Crippen LogP contribution is 2.56. The summed E-state index contributed by atoms with van der Waals surface area (Å²) in [6.45, 7) is 1.98. The molecule has 1 unspecified atom stereocenters. The molecule has 1 saturated heterocycles. The number of nitrogens with one attached hydrogen (secondary N) is 2. The predicted molar refractivity (Wildman–Crippen MR) is 142 cm³/mol. The van der Waals surface area contributed by atoms with E-state index in [-0.39, 0.29) is 28.0 Å². The molecule has 3 aromatic rings. The lowest BCUT2D eigenvalue weighted by Crippen LogP contribution is -2.38. The van der Waals surface area contributed by atoms with E-state index in [2.05, 4.69) is 14.9 Å². The van der Waals surface area contributed by atoms with Crippen molar-refractivity contribution in [1.82, 2.24) is 4.72 Å². The zero-order chi connectivity index (χ0) is 29.3. The summed E-state index contributed by atoms with van der Waals surface area (Å²) in [5.41, 5.74) is 2.21. The number of amides is 1. The van der Waals surface area contributed by atoms with Crippen LogP contribution in [-0.4, -0.2) is 35.6 Å². The smallest absolute Gasteiger partial charge is 0.381 e. The molecule has 0 spiro atoms. The third-order valence-corrected chi connectivity index (χ3v) is 9.24. The summed E-state index contributed by atoms with van der Waals surface area (Å²) in [6, 6.07) is 17.2. The first-order valence-electron chi connectivity index (χ1n) is 11.6. The molecule has 1 atom stereocenters. The molecule has 1 heterocycles.